The SMILES string of the molecule is C=C(C)CN(CC)C(=O)C(Cc1ccccc1)NC(=O)c1ccco1. The Morgan fingerprint density at radius 1 is 1.20 bits per heavy atom. The Morgan fingerprint density at radius 3 is 2.48 bits per heavy atom. The van der Waals surface area contributed by atoms with Crippen LogP contribution in [0.15, 0.2) is 65.3 Å². The summed E-state index contributed by atoms with van der Waals surface area (Å²) >= 11 is 0. The van der Waals surface area contributed by atoms with E-state index >= 15 is 0 Å². The molecule has 1 heterocycles. The second-order valence-electron chi connectivity index (χ2n) is 6.00. The second-order valence-corrected chi connectivity index (χ2v) is 6.00. The van der Waals surface area contributed by atoms with Crippen LogP contribution in [-0.4, -0.2) is 35.8 Å². The van der Waals surface area contributed by atoms with Gasteiger partial charge in [0.25, 0.3) is 5.91 Å². The molecule has 0 fully saturated rings. The molecule has 0 bridgehead atoms. The molecule has 5 heteroatoms. The summed E-state index contributed by atoms with van der Waals surface area (Å²) < 4.78 is 5.13. The molecule has 132 valence electrons. The van der Waals surface area contributed by atoms with Crippen molar-refractivity contribution in [1.82, 2.24) is 10.2 Å². The molecule has 1 aromatic heterocycles. The van der Waals surface area contributed by atoms with E-state index in [1.165, 1.54) is 6.26 Å². The molecule has 0 saturated carbocycles. The molecule has 0 radical (unpaired) electrons. The monoisotopic (exact) mass is 340 g/mol. The fourth-order valence-corrected chi connectivity index (χ4v) is 2.58. The number of amides is 2. The third-order valence-electron chi connectivity index (χ3n) is 3.79. The van der Waals surface area contributed by atoms with Gasteiger partial charge < -0.3 is 14.6 Å². The first-order valence-corrected chi connectivity index (χ1v) is 8.32. The number of nitrogens with zero attached hydrogens (tertiary/aromatic N) is 1. The van der Waals surface area contributed by atoms with Crippen LogP contribution in [0.1, 0.15) is 30.0 Å². The Balaban J connectivity index is 2.19. The van der Waals surface area contributed by atoms with Crippen molar-refractivity contribution in [2.45, 2.75) is 26.3 Å². The Labute approximate surface area is 148 Å². The van der Waals surface area contributed by atoms with Crippen LogP contribution in [0.5, 0.6) is 0 Å². The van der Waals surface area contributed by atoms with E-state index in [2.05, 4.69) is 11.9 Å². The molecule has 0 spiro atoms. The average Bonchev–Trinajstić information content (AvgIpc) is 3.14. The van der Waals surface area contributed by atoms with E-state index in [1.807, 2.05) is 44.2 Å². The third-order valence-corrected chi connectivity index (χ3v) is 3.79. The Morgan fingerprint density at radius 2 is 1.92 bits per heavy atom. The molecule has 1 unspecified atom stereocenters. The minimum absolute atomic E-state index is 0.130. The predicted octanol–water partition coefficient (Wildman–Crippen LogP) is 3.05. The van der Waals surface area contributed by atoms with Gasteiger partial charge in [0.2, 0.25) is 5.91 Å². The molecule has 2 aromatic rings. The number of hydrogen-bond acceptors (Lipinski definition) is 3. The average molecular weight is 340 g/mol. The van der Waals surface area contributed by atoms with Crippen LogP contribution in [0.2, 0.25) is 0 Å². The largest absolute Gasteiger partial charge is 0.459 e. The van der Waals surface area contributed by atoms with Crippen molar-refractivity contribution in [3.05, 3.63) is 72.2 Å². The lowest BCUT2D eigenvalue weighted by Gasteiger charge is -2.27. The van der Waals surface area contributed by atoms with Gasteiger partial charge in [-0.1, -0.05) is 42.5 Å². The van der Waals surface area contributed by atoms with E-state index in [-0.39, 0.29) is 11.7 Å². The molecule has 1 N–H and O–H groups in total. The van der Waals surface area contributed by atoms with Crippen LogP contribution < -0.4 is 5.32 Å². The highest BCUT2D eigenvalue weighted by atomic mass is 16.3. The molecule has 5 nitrogen and oxygen atoms in total. The number of hydrogen-bond donors (Lipinski definition) is 1. The zero-order valence-corrected chi connectivity index (χ0v) is 14.7. The van der Waals surface area contributed by atoms with Crippen LogP contribution in [0.3, 0.4) is 0 Å². The van der Waals surface area contributed by atoms with Gasteiger partial charge in [-0.2, -0.15) is 0 Å². The minimum Gasteiger partial charge on any atom is -0.459 e. The van der Waals surface area contributed by atoms with E-state index in [0.717, 1.165) is 11.1 Å². The molecule has 0 aliphatic carbocycles. The maximum Gasteiger partial charge on any atom is 0.287 e. The molecule has 2 rings (SSSR count). The Kier molecular flexibility index (Phi) is 6.57. The zero-order chi connectivity index (χ0) is 18.2. The lowest BCUT2D eigenvalue weighted by molar-refractivity contribution is -0.132. The van der Waals surface area contributed by atoms with Gasteiger partial charge in [0.05, 0.1) is 6.26 Å². The maximum atomic E-state index is 13.0. The van der Waals surface area contributed by atoms with Crippen LogP contribution in [0, 0.1) is 0 Å². The summed E-state index contributed by atoms with van der Waals surface area (Å²) in [5, 5.41) is 2.80. The summed E-state index contributed by atoms with van der Waals surface area (Å²) in [6.45, 7) is 8.68. The number of nitrogens with one attached hydrogen (secondary N) is 1. The van der Waals surface area contributed by atoms with E-state index < -0.39 is 11.9 Å². The van der Waals surface area contributed by atoms with E-state index in [0.29, 0.717) is 19.5 Å². The van der Waals surface area contributed by atoms with E-state index in [1.54, 1.807) is 17.0 Å². The lowest BCUT2D eigenvalue weighted by Crippen LogP contribution is -2.50. The van der Waals surface area contributed by atoms with Gasteiger partial charge >= 0.3 is 0 Å². The van der Waals surface area contributed by atoms with Crippen LogP contribution in [-0.2, 0) is 11.2 Å². The smallest absolute Gasteiger partial charge is 0.287 e. The second kappa shape index (κ2) is 8.87. The summed E-state index contributed by atoms with van der Waals surface area (Å²) in [7, 11) is 0. The summed E-state index contributed by atoms with van der Waals surface area (Å²) in [6, 6.07) is 12.2. The van der Waals surface area contributed by atoms with Gasteiger partial charge in [-0.05, 0) is 31.5 Å². The number of furan rings is 1. The maximum absolute atomic E-state index is 13.0. The van der Waals surface area contributed by atoms with Gasteiger partial charge in [0, 0.05) is 19.5 Å². The molecule has 1 aromatic carbocycles. The van der Waals surface area contributed by atoms with E-state index in [4.69, 9.17) is 4.42 Å². The first-order chi connectivity index (χ1) is 12.0. The van der Waals surface area contributed by atoms with Crippen molar-refractivity contribution in [3.8, 4) is 0 Å². The fraction of sp³-hybridized carbons (Fsp3) is 0.300. The fourth-order valence-electron chi connectivity index (χ4n) is 2.58. The standard InChI is InChI=1S/C20H24N2O3/c1-4-22(14-15(2)3)20(24)17(13-16-9-6-5-7-10-16)21-19(23)18-11-8-12-25-18/h5-12,17H,2,4,13-14H2,1,3H3,(H,21,23). The van der Waals surface area contributed by atoms with Crippen molar-refractivity contribution in [1.29, 1.82) is 0 Å². The number of likely N-dealkylation sites (N-methyl/N-ethyl adjacent to an activating group) is 1. The molecule has 2 amide bonds. The highest BCUT2D eigenvalue weighted by molar-refractivity contribution is 5.95. The topological polar surface area (TPSA) is 62.6 Å². The molecule has 0 aliphatic heterocycles. The minimum atomic E-state index is -0.667. The summed E-state index contributed by atoms with van der Waals surface area (Å²) in [5.74, 6) is -0.339. The molecule has 1 atom stereocenters. The van der Waals surface area contributed by atoms with Gasteiger partial charge in [-0.15, -0.1) is 0 Å². The first kappa shape index (κ1) is 18.5. The normalized spacial score (nSPS) is 11.6. The third kappa shape index (κ3) is 5.35. The number of benzene rings is 1. The first-order valence-electron chi connectivity index (χ1n) is 8.32. The van der Waals surface area contributed by atoms with Crippen LogP contribution in [0.4, 0.5) is 0 Å². The quantitative estimate of drug-likeness (QED) is 0.751. The van der Waals surface area contributed by atoms with Crippen molar-refractivity contribution in [2.24, 2.45) is 0 Å². The summed E-state index contributed by atoms with van der Waals surface area (Å²) in [6.07, 6.45) is 1.85. The predicted molar refractivity (Wildman–Crippen MR) is 97.2 cm³/mol. The van der Waals surface area contributed by atoms with Gasteiger partial charge in [-0.3, -0.25) is 9.59 Å². The molecule has 0 saturated heterocycles. The van der Waals surface area contributed by atoms with Gasteiger partial charge in [0.1, 0.15) is 6.04 Å². The summed E-state index contributed by atoms with van der Waals surface area (Å²) in [5.41, 5.74) is 1.87. The van der Waals surface area contributed by atoms with Gasteiger partial charge in [-0.25, -0.2) is 0 Å². The van der Waals surface area contributed by atoms with Crippen molar-refractivity contribution in [2.75, 3.05) is 13.1 Å². The van der Waals surface area contributed by atoms with E-state index in [9.17, 15) is 9.59 Å². The molecule has 25 heavy (non-hydrogen) atoms. The van der Waals surface area contributed by atoms with Crippen molar-refractivity contribution < 1.29 is 14.0 Å². The Hall–Kier alpha value is -2.82. The molecular formula is C20H24N2O3. The van der Waals surface area contributed by atoms with Crippen LogP contribution >= 0.6 is 0 Å². The zero-order valence-electron chi connectivity index (χ0n) is 14.7. The molecule has 0 aliphatic rings. The van der Waals surface area contributed by atoms with Gasteiger partial charge in [0.15, 0.2) is 5.76 Å². The highest BCUT2D eigenvalue weighted by Crippen LogP contribution is 2.09. The number of carbonyl (C=O) groups is 2. The number of carbonyl (C=O) groups excluding carboxylic acids is 2. The lowest BCUT2D eigenvalue weighted by atomic mass is 10.0. The highest BCUT2D eigenvalue weighted by Gasteiger charge is 2.26. The Bertz CT molecular complexity index is 708. The van der Waals surface area contributed by atoms with Crippen LogP contribution in [0.25, 0.3) is 0 Å². The molecular weight excluding hydrogens is 316 g/mol. The van der Waals surface area contributed by atoms with Crippen molar-refractivity contribution in [3.63, 3.8) is 0 Å². The number of rotatable bonds is 8. The van der Waals surface area contributed by atoms with Crippen molar-refractivity contribution >= 4 is 11.8 Å². The summed E-state index contributed by atoms with van der Waals surface area (Å²) in [4.78, 5) is 27.0.